The second kappa shape index (κ2) is 7.76. The zero-order chi connectivity index (χ0) is 15.2. The number of para-hydroxylation sites is 1. The monoisotopic (exact) mass is 294 g/mol. The van der Waals surface area contributed by atoms with E-state index in [4.69, 9.17) is 4.74 Å². The molecule has 1 saturated heterocycles. The van der Waals surface area contributed by atoms with E-state index in [1.165, 1.54) is 18.9 Å². The van der Waals surface area contributed by atoms with E-state index in [9.17, 15) is 4.39 Å². The molecule has 1 aromatic carbocycles. The number of likely N-dealkylation sites (tertiary alicyclic amines) is 1. The lowest BCUT2D eigenvalue weighted by atomic mass is 10.1. The van der Waals surface area contributed by atoms with Crippen molar-refractivity contribution in [1.29, 1.82) is 0 Å². The zero-order valence-electron chi connectivity index (χ0n) is 13.4. The van der Waals surface area contributed by atoms with Crippen molar-refractivity contribution >= 4 is 0 Å². The van der Waals surface area contributed by atoms with E-state index in [1.54, 1.807) is 6.07 Å². The van der Waals surface area contributed by atoms with E-state index in [0.717, 1.165) is 25.1 Å². The fourth-order valence-corrected chi connectivity index (χ4v) is 3.08. The van der Waals surface area contributed by atoms with Crippen LogP contribution in [0.15, 0.2) is 18.2 Å². The molecule has 1 fully saturated rings. The Kier molecular flexibility index (Phi) is 6.00. The van der Waals surface area contributed by atoms with Gasteiger partial charge in [-0.3, -0.25) is 0 Å². The molecule has 3 nitrogen and oxygen atoms in total. The van der Waals surface area contributed by atoms with Gasteiger partial charge in [-0.2, -0.15) is 0 Å². The number of hydrogen-bond acceptors (Lipinski definition) is 3. The standard InChI is InChI=1S/C17H27FN2O/c1-4-19-13(2)15-8-5-9-16(18)17(15)21-12-10-14-7-6-11-20(14)3/h5,8-9,13-14,19H,4,6-7,10-12H2,1-3H3. The van der Waals surface area contributed by atoms with Crippen LogP contribution in [0.4, 0.5) is 4.39 Å². The summed E-state index contributed by atoms with van der Waals surface area (Å²) in [6, 6.07) is 5.82. The second-order valence-corrected chi connectivity index (χ2v) is 5.85. The average Bonchev–Trinajstić information content (AvgIpc) is 2.86. The highest BCUT2D eigenvalue weighted by molar-refractivity contribution is 5.37. The lowest BCUT2D eigenvalue weighted by Gasteiger charge is -2.21. The van der Waals surface area contributed by atoms with Gasteiger partial charge in [-0.15, -0.1) is 0 Å². The van der Waals surface area contributed by atoms with E-state index in [1.807, 2.05) is 19.9 Å². The van der Waals surface area contributed by atoms with Crippen LogP contribution in [0.5, 0.6) is 5.75 Å². The largest absolute Gasteiger partial charge is 0.490 e. The summed E-state index contributed by atoms with van der Waals surface area (Å²) in [5.41, 5.74) is 0.900. The van der Waals surface area contributed by atoms with E-state index in [2.05, 4.69) is 17.3 Å². The number of halogens is 1. The fourth-order valence-electron chi connectivity index (χ4n) is 3.08. The molecule has 0 aliphatic carbocycles. The van der Waals surface area contributed by atoms with Crippen LogP contribution < -0.4 is 10.1 Å². The first-order valence-corrected chi connectivity index (χ1v) is 7.98. The summed E-state index contributed by atoms with van der Waals surface area (Å²) in [6.07, 6.45) is 3.43. The van der Waals surface area contributed by atoms with Crippen molar-refractivity contribution in [3.8, 4) is 5.75 Å². The van der Waals surface area contributed by atoms with Crippen LogP contribution in [-0.4, -0.2) is 37.7 Å². The minimum absolute atomic E-state index is 0.0925. The van der Waals surface area contributed by atoms with Gasteiger partial charge in [-0.1, -0.05) is 19.1 Å². The molecule has 0 spiro atoms. The van der Waals surface area contributed by atoms with Crippen molar-refractivity contribution in [1.82, 2.24) is 10.2 Å². The molecule has 1 aromatic rings. The molecule has 21 heavy (non-hydrogen) atoms. The first kappa shape index (κ1) is 16.2. The number of nitrogens with one attached hydrogen (secondary N) is 1. The van der Waals surface area contributed by atoms with Gasteiger partial charge >= 0.3 is 0 Å². The molecule has 1 aliphatic heterocycles. The molecule has 2 atom stereocenters. The summed E-state index contributed by atoms with van der Waals surface area (Å²) in [7, 11) is 2.15. The van der Waals surface area contributed by atoms with Crippen LogP contribution in [0.1, 0.15) is 44.7 Å². The molecule has 2 rings (SSSR count). The zero-order valence-corrected chi connectivity index (χ0v) is 13.4. The molecule has 2 unspecified atom stereocenters. The van der Waals surface area contributed by atoms with Crippen molar-refractivity contribution in [2.45, 2.75) is 45.2 Å². The lowest BCUT2D eigenvalue weighted by Crippen LogP contribution is -2.26. The third kappa shape index (κ3) is 4.17. The molecule has 0 saturated carbocycles. The SMILES string of the molecule is CCNC(C)c1cccc(F)c1OCCC1CCCN1C. The topological polar surface area (TPSA) is 24.5 Å². The number of hydrogen-bond donors (Lipinski definition) is 1. The molecule has 0 amide bonds. The Labute approximate surface area is 127 Å². The number of ether oxygens (including phenoxy) is 1. The molecule has 0 aromatic heterocycles. The van der Waals surface area contributed by atoms with Gasteiger partial charge in [0.05, 0.1) is 6.61 Å². The minimum Gasteiger partial charge on any atom is -0.490 e. The van der Waals surface area contributed by atoms with Crippen LogP contribution in [0.25, 0.3) is 0 Å². The average molecular weight is 294 g/mol. The van der Waals surface area contributed by atoms with Crippen LogP contribution in [-0.2, 0) is 0 Å². The van der Waals surface area contributed by atoms with Gasteiger partial charge in [0.2, 0.25) is 0 Å². The lowest BCUT2D eigenvalue weighted by molar-refractivity contribution is 0.225. The Morgan fingerprint density at radius 1 is 1.48 bits per heavy atom. The summed E-state index contributed by atoms with van der Waals surface area (Å²) < 4.78 is 19.9. The van der Waals surface area contributed by atoms with E-state index >= 15 is 0 Å². The molecule has 0 radical (unpaired) electrons. The third-order valence-electron chi connectivity index (χ3n) is 4.34. The molecule has 4 heteroatoms. The van der Waals surface area contributed by atoms with Crippen molar-refractivity contribution in [3.05, 3.63) is 29.6 Å². The smallest absolute Gasteiger partial charge is 0.165 e. The summed E-state index contributed by atoms with van der Waals surface area (Å²) in [6.45, 7) is 6.67. The van der Waals surface area contributed by atoms with Crippen LogP contribution in [0.2, 0.25) is 0 Å². The first-order chi connectivity index (χ1) is 10.1. The fraction of sp³-hybridized carbons (Fsp3) is 0.647. The Hall–Kier alpha value is -1.13. The Morgan fingerprint density at radius 3 is 2.95 bits per heavy atom. The Bertz CT molecular complexity index is 452. The highest BCUT2D eigenvalue weighted by atomic mass is 19.1. The maximum atomic E-state index is 14.1. The van der Waals surface area contributed by atoms with Gasteiger partial charge < -0.3 is 15.0 Å². The molecular formula is C17H27FN2O. The molecule has 0 bridgehead atoms. The number of rotatable bonds is 7. The maximum Gasteiger partial charge on any atom is 0.165 e. The van der Waals surface area contributed by atoms with E-state index in [0.29, 0.717) is 18.4 Å². The predicted octanol–water partition coefficient (Wildman–Crippen LogP) is 3.36. The predicted molar refractivity (Wildman–Crippen MR) is 84.3 cm³/mol. The first-order valence-electron chi connectivity index (χ1n) is 7.98. The molecular weight excluding hydrogens is 267 g/mol. The number of benzene rings is 1. The van der Waals surface area contributed by atoms with Crippen molar-refractivity contribution in [2.75, 3.05) is 26.7 Å². The minimum atomic E-state index is -0.267. The Balaban J connectivity index is 1.98. The van der Waals surface area contributed by atoms with Crippen LogP contribution in [0, 0.1) is 5.82 Å². The highest BCUT2D eigenvalue weighted by Crippen LogP contribution is 2.28. The summed E-state index contributed by atoms with van der Waals surface area (Å²) >= 11 is 0. The Morgan fingerprint density at radius 2 is 2.29 bits per heavy atom. The van der Waals surface area contributed by atoms with Gasteiger partial charge in [0, 0.05) is 17.6 Å². The normalized spacial score (nSPS) is 20.7. The van der Waals surface area contributed by atoms with Gasteiger partial charge in [0.15, 0.2) is 11.6 Å². The quantitative estimate of drug-likeness (QED) is 0.834. The van der Waals surface area contributed by atoms with Gasteiger partial charge in [0.1, 0.15) is 0 Å². The molecule has 118 valence electrons. The van der Waals surface area contributed by atoms with Gasteiger partial charge in [-0.25, -0.2) is 4.39 Å². The third-order valence-corrected chi connectivity index (χ3v) is 4.34. The summed E-state index contributed by atoms with van der Waals surface area (Å²) in [5, 5.41) is 3.31. The van der Waals surface area contributed by atoms with Crippen LogP contribution >= 0.6 is 0 Å². The van der Waals surface area contributed by atoms with Crippen molar-refractivity contribution in [3.63, 3.8) is 0 Å². The van der Waals surface area contributed by atoms with Crippen LogP contribution in [0.3, 0.4) is 0 Å². The van der Waals surface area contributed by atoms with Gasteiger partial charge in [0.25, 0.3) is 0 Å². The molecule has 1 N–H and O–H groups in total. The van der Waals surface area contributed by atoms with Crippen molar-refractivity contribution < 1.29 is 9.13 Å². The number of nitrogens with zero attached hydrogens (tertiary/aromatic N) is 1. The van der Waals surface area contributed by atoms with Gasteiger partial charge in [-0.05, 0) is 52.4 Å². The van der Waals surface area contributed by atoms with E-state index in [-0.39, 0.29) is 11.9 Å². The van der Waals surface area contributed by atoms with E-state index < -0.39 is 0 Å². The molecule has 1 heterocycles. The second-order valence-electron chi connectivity index (χ2n) is 5.85. The van der Waals surface area contributed by atoms with Crippen molar-refractivity contribution in [2.24, 2.45) is 0 Å². The maximum absolute atomic E-state index is 14.1. The summed E-state index contributed by atoms with van der Waals surface area (Å²) in [5.74, 6) is 0.142. The summed E-state index contributed by atoms with van der Waals surface area (Å²) in [4.78, 5) is 2.37. The highest BCUT2D eigenvalue weighted by Gasteiger charge is 2.21. The molecule has 1 aliphatic rings.